The van der Waals surface area contributed by atoms with E-state index < -0.39 is 30.1 Å². The van der Waals surface area contributed by atoms with Crippen LogP contribution >= 0.6 is 0 Å². The van der Waals surface area contributed by atoms with Gasteiger partial charge >= 0.3 is 5.97 Å². The number of hydrogen-bond acceptors (Lipinski definition) is 4. The average molecular weight is 266 g/mol. The number of carboxylic acid groups (broad SMARTS) is 1. The lowest BCUT2D eigenvalue weighted by atomic mass is 10.1. The third-order valence-electron chi connectivity index (χ3n) is 2.68. The number of aliphatic hydroxyl groups excluding tert-OH is 1. The van der Waals surface area contributed by atoms with E-state index in [-0.39, 0.29) is 0 Å². The second kappa shape index (κ2) is 6.86. The summed E-state index contributed by atoms with van der Waals surface area (Å²) in [5.41, 5.74) is 6.59. The largest absolute Gasteiger partial charge is 0.480 e. The van der Waals surface area contributed by atoms with Crippen LogP contribution in [0.3, 0.4) is 0 Å². The minimum atomic E-state index is -1.35. The van der Waals surface area contributed by atoms with Gasteiger partial charge in [0.25, 0.3) is 0 Å². The molecule has 0 radical (unpaired) electrons. The monoisotopic (exact) mass is 266 g/mol. The van der Waals surface area contributed by atoms with Crippen molar-refractivity contribution in [2.24, 2.45) is 5.73 Å². The van der Waals surface area contributed by atoms with E-state index in [1.807, 2.05) is 30.3 Å². The zero-order chi connectivity index (χ0) is 14.4. The van der Waals surface area contributed by atoms with Crippen molar-refractivity contribution in [1.82, 2.24) is 5.32 Å². The summed E-state index contributed by atoms with van der Waals surface area (Å²) in [6, 6.07) is 6.96. The third kappa shape index (κ3) is 4.69. The predicted octanol–water partition coefficient (Wildman–Crippen LogP) is -0.493. The average Bonchev–Trinajstić information content (AvgIpc) is 2.35. The van der Waals surface area contributed by atoms with Crippen LogP contribution in [0.15, 0.2) is 30.3 Å². The Morgan fingerprint density at radius 2 is 1.89 bits per heavy atom. The lowest BCUT2D eigenvalue weighted by molar-refractivity contribution is -0.144. The van der Waals surface area contributed by atoms with Crippen molar-refractivity contribution >= 4 is 11.9 Å². The van der Waals surface area contributed by atoms with Crippen LogP contribution in [-0.4, -0.2) is 40.3 Å². The van der Waals surface area contributed by atoms with Crippen LogP contribution < -0.4 is 11.1 Å². The highest BCUT2D eigenvalue weighted by atomic mass is 16.4. The molecule has 19 heavy (non-hydrogen) atoms. The molecule has 0 aliphatic carbocycles. The first-order chi connectivity index (χ1) is 8.91. The number of aliphatic hydroxyl groups is 1. The Balaban J connectivity index is 2.60. The Hall–Kier alpha value is -1.92. The van der Waals surface area contributed by atoms with Crippen LogP contribution in [0.5, 0.6) is 0 Å². The molecule has 3 atom stereocenters. The molecule has 0 bridgehead atoms. The van der Waals surface area contributed by atoms with Crippen LogP contribution in [0.4, 0.5) is 0 Å². The Labute approximate surface area is 111 Å². The zero-order valence-electron chi connectivity index (χ0n) is 10.6. The van der Waals surface area contributed by atoms with E-state index in [2.05, 4.69) is 5.32 Å². The fraction of sp³-hybridized carbons (Fsp3) is 0.385. The molecule has 6 heteroatoms. The quantitative estimate of drug-likeness (QED) is 0.555. The molecule has 6 nitrogen and oxygen atoms in total. The molecule has 1 unspecified atom stereocenters. The molecular weight excluding hydrogens is 248 g/mol. The minimum absolute atomic E-state index is 0.304. The summed E-state index contributed by atoms with van der Waals surface area (Å²) in [4.78, 5) is 22.6. The van der Waals surface area contributed by atoms with E-state index in [1.165, 1.54) is 6.92 Å². The van der Waals surface area contributed by atoms with Gasteiger partial charge in [0.05, 0.1) is 12.1 Å². The Morgan fingerprint density at radius 3 is 2.37 bits per heavy atom. The molecule has 1 aromatic rings. The van der Waals surface area contributed by atoms with Crippen LogP contribution in [0, 0.1) is 0 Å². The fourth-order valence-corrected chi connectivity index (χ4v) is 1.61. The van der Waals surface area contributed by atoms with Crippen LogP contribution in [-0.2, 0) is 16.0 Å². The number of amides is 1. The number of nitrogens with two attached hydrogens (primary N) is 1. The van der Waals surface area contributed by atoms with Crippen LogP contribution in [0.1, 0.15) is 12.5 Å². The summed E-state index contributed by atoms with van der Waals surface area (Å²) in [6.45, 7) is 1.29. The molecule has 0 aliphatic heterocycles. The Morgan fingerprint density at radius 1 is 1.32 bits per heavy atom. The van der Waals surface area contributed by atoms with E-state index in [1.54, 1.807) is 0 Å². The number of carbonyl (C=O) groups excluding carboxylic acids is 1. The molecule has 0 heterocycles. The summed E-state index contributed by atoms with van der Waals surface area (Å²) in [6.07, 6.45) is -0.885. The number of benzene rings is 1. The summed E-state index contributed by atoms with van der Waals surface area (Å²) in [7, 11) is 0. The third-order valence-corrected chi connectivity index (χ3v) is 2.68. The topological polar surface area (TPSA) is 113 Å². The lowest BCUT2D eigenvalue weighted by Gasteiger charge is -2.19. The van der Waals surface area contributed by atoms with Gasteiger partial charge in [-0.2, -0.15) is 0 Å². The van der Waals surface area contributed by atoms with Gasteiger partial charge in [0.2, 0.25) is 5.91 Å². The van der Waals surface area contributed by atoms with Gasteiger partial charge in [0, 0.05) is 0 Å². The molecule has 1 aromatic carbocycles. The first-order valence-corrected chi connectivity index (χ1v) is 5.92. The van der Waals surface area contributed by atoms with Crippen LogP contribution in [0.25, 0.3) is 0 Å². The van der Waals surface area contributed by atoms with Gasteiger partial charge in [0.1, 0.15) is 0 Å². The van der Waals surface area contributed by atoms with Gasteiger partial charge in [0.15, 0.2) is 6.04 Å². The normalized spacial score (nSPS) is 15.3. The molecule has 0 spiro atoms. The molecule has 104 valence electrons. The smallest absolute Gasteiger partial charge is 0.328 e. The van der Waals surface area contributed by atoms with Crippen molar-refractivity contribution < 1.29 is 19.8 Å². The lowest BCUT2D eigenvalue weighted by Crippen LogP contribution is -2.53. The first kappa shape index (κ1) is 15.1. The molecule has 0 fully saturated rings. The molecule has 1 rings (SSSR count). The van der Waals surface area contributed by atoms with E-state index in [4.69, 9.17) is 10.8 Å². The van der Waals surface area contributed by atoms with E-state index in [9.17, 15) is 14.7 Å². The van der Waals surface area contributed by atoms with Gasteiger partial charge in [-0.25, -0.2) is 4.79 Å². The predicted molar refractivity (Wildman–Crippen MR) is 69.4 cm³/mol. The van der Waals surface area contributed by atoms with Crippen molar-refractivity contribution in [2.45, 2.75) is 31.5 Å². The number of carbonyl (C=O) groups is 2. The number of carboxylic acids is 1. The van der Waals surface area contributed by atoms with Gasteiger partial charge < -0.3 is 21.3 Å². The maximum atomic E-state index is 11.8. The molecule has 5 N–H and O–H groups in total. The number of aliphatic carboxylic acids is 1. The molecule has 0 aliphatic rings. The molecule has 0 saturated carbocycles. The van der Waals surface area contributed by atoms with E-state index in [0.717, 1.165) is 5.56 Å². The van der Waals surface area contributed by atoms with E-state index >= 15 is 0 Å². The van der Waals surface area contributed by atoms with Crippen molar-refractivity contribution in [1.29, 1.82) is 0 Å². The molecule has 0 saturated heterocycles. The van der Waals surface area contributed by atoms with Crippen molar-refractivity contribution in [3.8, 4) is 0 Å². The molecule has 0 aromatic heterocycles. The number of nitrogens with one attached hydrogen (secondary N) is 1. The van der Waals surface area contributed by atoms with Crippen molar-refractivity contribution in [2.75, 3.05) is 0 Å². The zero-order valence-corrected chi connectivity index (χ0v) is 10.6. The second-order valence-corrected chi connectivity index (χ2v) is 4.36. The summed E-state index contributed by atoms with van der Waals surface area (Å²) in [5.74, 6) is -1.90. The summed E-state index contributed by atoms with van der Waals surface area (Å²) < 4.78 is 0. The van der Waals surface area contributed by atoms with Gasteiger partial charge in [-0.05, 0) is 18.9 Å². The van der Waals surface area contributed by atoms with Crippen molar-refractivity contribution in [3.63, 3.8) is 0 Å². The maximum absolute atomic E-state index is 11.8. The highest BCUT2D eigenvalue weighted by molar-refractivity contribution is 5.87. The van der Waals surface area contributed by atoms with E-state index in [0.29, 0.717) is 6.42 Å². The number of hydrogen-bond donors (Lipinski definition) is 4. The van der Waals surface area contributed by atoms with Gasteiger partial charge in [-0.1, -0.05) is 30.3 Å². The summed E-state index contributed by atoms with van der Waals surface area (Å²) in [5, 5.41) is 20.3. The first-order valence-electron chi connectivity index (χ1n) is 5.92. The van der Waals surface area contributed by atoms with Gasteiger partial charge in [-0.15, -0.1) is 0 Å². The second-order valence-electron chi connectivity index (χ2n) is 4.36. The van der Waals surface area contributed by atoms with Gasteiger partial charge in [-0.3, -0.25) is 4.79 Å². The molecular formula is C13H18N2O4. The SMILES string of the molecule is C[C@@H](O)[C@H](NC(=O)C(N)Cc1ccccc1)C(=O)O. The highest BCUT2D eigenvalue weighted by Gasteiger charge is 2.27. The maximum Gasteiger partial charge on any atom is 0.328 e. The highest BCUT2D eigenvalue weighted by Crippen LogP contribution is 2.02. The summed E-state index contributed by atoms with van der Waals surface area (Å²) >= 11 is 0. The Bertz CT molecular complexity index is 434. The molecule has 1 amide bonds. The van der Waals surface area contributed by atoms with Crippen molar-refractivity contribution in [3.05, 3.63) is 35.9 Å². The fourth-order valence-electron chi connectivity index (χ4n) is 1.61. The number of rotatable bonds is 6. The Kier molecular flexibility index (Phi) is 5.47. The minimum Gasteiger partial charge on any atom is -0.480 e. The standard InChI is InChI=1S/C13H18N2O4/c1-8(16)11(13(18)19)15-12(17)10(14)7-9-5-3-2-4-6-9/h2-6,8,10-11,16H,7,14H2,1H3,(H,15,17)(H,18,19)/t8-,10?,11+/m1/s1. The van der Waals surface area contributed by atoms with Crippen LogP contribution in [0.2, 0.25) is 0 Å².